The van der Waals surface area contributed by atoms with E-state index in [1.165, 1.54) is 18.4 Å². The topological polar surface area (TPSA) is 21.3 Å². The molecule has 2 heteroatoms. The number of benzene rings is 1. The molecule has 17 heavy (non-hydrogen) atoms. The monoisotopic (exact) mass is 229 g/mol. The highest BCUT2D eigenvalue weighted by Gasteiger charge is 2.45. The summed E-state index contributed by atoms with van der Waals surface area (Å²) in [6.45, 7) is 5.13. The SMILES string of the molecule is C[C@]12CNC[C@H]1c1cccc(C3CC3)c1CO2. The van der Waals surface area contributed by atoms with Crippen LogP contribution >= 0.6 is 0 Å². The molecule has 0 aromatic heterocycles. The summed E-state index contributed by atoms with van der Waals surface area (Å²) in [6.07, 6.45) is 2.74. The van der Waals surface area contributed by atoms with Crippen molar-refractivity contribution < 1.29 is 4.74 Å². The molecule has 0 bridgehead atoms. The number of hydrogen-bond donors (Lipinski definition) is 1. The van der Waals surface area contributed by atoms with Gasteiger partial charge in [-0.1, -0.05) is 18.2 Å². The molecule has 2 heterocycles. The molecule has 1 aromatic carbocycles. The van der Waals surface area contributed by atoms with E-state index in [2.05, 4.69) is 30.4 Å². The molecule has 1 saturated heterocycles. The zero-order valence-electron chi connectivity index (χ0n) is 10.3. The molecule has 0 spiro atoms. The third kappa shape index (κ3) is 1.40. The number of hydrogen-bond acceptors (Lipinski definition) is 2. The quantitative estimate of drug-likeness (QED) is 0.799. The van der Waals surface area contributed by atoms with Crippen molar-refractivity contribution in [2.45, 2.75) is 43.8 Å². The summed E-state index contributed by atoms with van der Waals surface area (Å²) in [7, 11) is 0. The van der Waals surface area contributed by atoms with Gasteiger partial charge in [0.1, 0.15) is 0 Å². The van der Waals surface area contributed by atoms with E-state index in [4.69, 9.17) is 4.74 Å². The Kier molecular flexibility index (Phi) is 1.98. The summed E-state index contributed by atoms with van der Waals surface area (Å²) in [6, 6.07) is 6.88. The van der Waals surface area contributed by atoms with Gasteiger partial charge in [-0.25, -0.2) is 0 Å². The van der Waals surface area contributed by atoms with Crippen molar-refractivity contribution in [1.29, 1.82) is 0 Å². The van der Waals surface area contributed by atoms with E-state index in [1.807, 2.05) is 0 Å². The predicted molar refractivity (Wildman–Crippen MR) is 67.2 cm³/mol. The molecular formula is C15H19NO. The fourth-order valence-corrected chi connectivity index (χ4v) is 3.52. The normalized spacial score (nSPS) is 35.5. The second-order valence-corrected chi connectivity index (χ2v) is 5.97. The van der Waals surface area contributed by atoms with E-state index in [0.717, 1.165) is 25.6 Å². The molecule has 1 aliphatic carbocycles. The van der Waals surface area contributed by atoms with Crippen molar-refractivity contribution in [2.24, 2.45) is 0 Å². The summed E-state index contributed by atoms with van der Waals surface area (Å²) >= 11 is 0. The third-order valence-electron chi connectivity index (χ3n) is 4.75. The standard InChI is InChI=1S/C15H19NO/c1-15-9-16-7-14(15)12-4-2-3-11(10-5-6-10)13(12)8-17-15/h2-4,10,14,16H,5-9H2,1H3/t14-,15-/m0/s1. The first-order chi connectivity index (χ1) is 8.28. The van der Waals surface area contributed by atoms with E-state index in [-0.39, 0.29) is 5.60 Å². The summed E-state index contributed by atoms with van der Waals surface area (Å²) in [5.74, 6) is 1.37. The maximum Gasteiger partial charge on any atom is 0.0863 e. The Morgan fingerprint density at radius 1 is 1.29 bits per heavy atom. The second-order valence-electron chi connectivity index (χ2n) is 5.97. The maximum absolute atomic E-state index is 6.17. The predicted octanol–water partition coefficient (Wildman–Crippen LogP) is 2.54. The van der Waals surface area contributed by atoms with Crippen LogP contribution in [0.5, 0.6) is 0 Å². The zero-order valence-corrected chi connectivity index (χ0v) is 10.3. The summed E-state index contributed by atoms with van der Waals surface area (Å²) in [4.78, 5) is 0. The van der Waals surface area contributed by atoms with Crippen LogP contribution in [0.15, 0.2) is 18.2 Å². The molecular weight excluding hydrogens is 210 g/mol. The van der Waals surface area contributed by atoms with Crippen molar-refractivity contribution in [3.63, 3.8) is 0 Å². The molecule has 2 aliphatic heterocycles. The number of ether oxygens (including phenoxy) is 1. The van der Waals surface area contributed by atoms with Crippen LogP contribution in [0.2, 0.25) is 0 Å². The van der Waals surface area contributed by atoms with Gasteiger partial charge in [-0.15, -0.1) is 0 Å². The lowest BCUT2D eigenvalue weighted by molar-refractivity contribution is -0.0521. The average molecular weight is 229 g/mol. The Morgan fingerprint density at radius 3 is 2.94 bits per heavy atom. The Morgan fingerprint density at radius 2 is 2.12 bits per heavy atom. The van der Waals surface area contributed by atoms with Crippen molar-refractivity contribution in [1.82, 2.24) is 5.32 Å². The molecule has 2 nitrogen and oxygen atoms in total. The molecule has 1 saturated carbocycles. The minimum absolute atomic E-state index is 0.0230. The minimum Gasteiger partial charge on any atom is -0.369 e. The van der Waals surface area contributed by atoms with Crippen LogP contribution in [-0.2, 0) is 11.3 Å². The summed E-state index contributed by atoms with van der Waals surface area (Å²) in [5.41, 5.74) is 4.64. The Balaban J connectivity index is 1.84. The lowest BCUT2D eigenvalue weighted by Gasteiger charge is -2.38. The highest BCUT2D eigenvalue weighted by atomic mass is 16.5. The fourth-order valence-electron chi connectivity index (χ4n) is 3.52. The van der Waals surface area contributed by atoms with Crippen LogP contribution < -0.4 is 5.32 Å². The van der Waals surface area contributed by atoms with Crippen molar-refractivity contribution >= 4 is 0 Å². The van der Waals surface area contributed by atoms with Gasteiger partial charge in [0.2, 0.25) is 0 Å². The van der Waals surface area contributed by atoms with Gasteiger partial charge in [-0.2, -0.15) is 0 Å². The highest BCUT2D eigenvalue weighted by molar-refractivity contribution is 5.44. The van der Waals surface area contributed by atoms with Gasteiger partial charge < -0.3 is 10.1 Å². The van der Waals surface area contributed by atoms with Gasteiger partial charge in [0, 0.05) is 19.0 Å². The average Bonchev–Trinajstić information content (AvgIpc) is 3.10. The molecule has 0 unspecified atom stereocenters. The van der Waals surface area contributed by atoms with E-state index in [9.17, 15) is 0 Å². The smallest absolute Gasteiger partial charge is 0.0863 e. The third-order valence-corrected chi connectivity index (χ3v) is 4.75. The van der Waals surface area contributed by atoms with Gasteiger partial charge in [0.05, 0.1) is 12.2 Å². The van der Waals surface area contributed by atoms with E-state index < -0.39 is 0 Å². The van der Waals surface area contributed by atoms with Crippen molar-refractivity contribution in [3.8, 4) is 0 Å². The van der Waals surface area contributed by atoms with Crippen LogP contribution in [0.3, 0.4) is 0 Å². The van der Waals surface area contributed by atoms with Crippen molar-refractivity contribution in [3.05, 3.63) is 34.9 Å². The first-order valence-electron chi connectivity index (χ1n) is 6.74. The lowest BCUT2D eigenvalue weighted by Crippen LogP contribution is -2.40. The molecule has 2 atom stereocenters. The van der Waals surface area contributed by atoms with E-state index in [1.54, 1.807) is 11.1 Å². The maximum atomic E-state index is 6.17. The van der Waals surface area contributed by atoms with Crippen molar-refractivity contribution in [2.75, 3.05) is 13.1 Å². The summed E-state index contributed by atoms with van der Waals surface area (Å²) < 4.78 is 6.17. The van der Waals surface area contributed by atoms with Crippen LogP contribution in [0.4, 0.5) is 0 Å². The van der Waals surface area contributed by atoms with Crippen LogP contribution in [-0.4, -0.2) is 18.7 Å². The Bertz CT molecular complexity index is 466. The zero-order chi connectivity index (χ0) is 11.5. The first kappa shape index (κ1) is 10.1. The van der Waals surface area contributed by atoms with Gasteiger partial charge in [-0.3, -0.25) is 0 Å². The lowest BCUT2D eigenvalue weighted by atomic mass is 9.80. The molecule has 4 rings (SSSR count). The second kappa shape index (κ2) is 3.33. The minimum atomic E-state index is 0.0230. The number of nitrogens with one attached hydrogen (secondary N) is 1. The van der Waals surface area contributed by atoms with Crippen LogP contribution in [0, 0.1) is 0 Å². The van der Waals surface area contributed by atoms with E-state index in [0.29, 0.717) is 5.92 Å². The molecule has 1 aromatic rings. The van der Waals surface area contributed by atoms with Gasteiger partial charge in [-0.05, 0) is 42.4 Å². The van der Waals surface area contributed by atoms with Gasteiger partial charge in [0.15, 0.2) is 0 Å². The number of rotatable bonds is 1. The molecule has 3 aliphatic rings. The Hall–Kier alpha value is -0.860. The fraction of sp³-hybridized carbons (Fsp3) is 0.600. The molecule has 0 radical (unpaired) electrons. The molecule has 0 amide bonds. The largest absolute Gasteiger partial charge is 0.369 e. The highest BCUT2D eigenvalue weighted by Crippen LogP contribution is 2.47. The van der Waals surface area contributed by atoms with Gasteiger partial charge in [0.25, 0.3) is 0 Å². The van der Waals surface area contributed by atoms with Crippen LogP contribution in [0.25, 0.3) is 0 Å². The molecule has 1 N–H and O–H groups in total. The Labute approximate surface area is 102 Å². The number of fused-ring (bicyclic) bond motifs is 3. The van der Waals surface area contributed by atoms with Gasteiger partial charge >= 0.3 is 0 Å². The first-order valence-corrected chi connectivity index (χ1v) is 6.74. The molecule has 2 fully saturated rings. The molecule has 90 valence electrons. The summed E-state index contributed by atoms with van der Waals surface area (Å²) in [5, 5.41) is 3.48. The van der Waals surface area contributed by atoms with E-state index >= 15 is 0 Å². The van der Waals surface area contributed by atoms with Crippen LogP contribution in [0.1, 0.15) is 48.3 Å².